The van der Waals surface area contributed by atoms with Gasteiger partial charge in [-0.05, 0) is 18.8 Å². The number of rotatable bonds is 3. The average Bonchev–Trinajstić information content (AvgIpc) is 2.54. The van der Waals surface area contributed by atoms with Crippen LogP contribution in [0.3, 0.4) is 0 Å². The van der Waals surface area contributed by atoms with Crippen LogP contribution in [-0.4, -0.2) is 30.8 Å². The number of thiazole rings is 1. The van der Waals surface area contributed by atoms with Gasteiger partial charge < -0.3 is 10.0 Å². The Morgan fingerprint density at radius 2 is 2.00 bits per heavy atom. The van der Waals surface area contributed by atoms with Crippen LogP contribution in [0.1, 0.15) is 30.8 Å². The van der Waals surface area contributed by atoms with Gasteiger partial charge in [0.2, 0.25) is 0 Å². The van der Waals surface area contributed by atoms with Gasteiger partial charge in [0.05, 0.1) is 12.3 Å². The molecular weight excluding hydrogens is 220 g/mol. The van der Waals surface area contributed by atoms with E-state index in [2.05, 4.69) is 18.8 Å². The highest BCUT2D eigenvalue weighted by Gasteiger charge is 2.63. The lowest BCUT2D eigenvalue weighted by Crippen LogP contribution is -2.18. The van der Waals surface area contributed by atoms with Gasteiger partial charge in [-0.1, -0.05) is 13.8 Å². The van der Waals surface area contributed by atoms with Crippen LogP contribution < -0.4 is 4.90 Å². The number of aromatic nitrogens is 1. The van der Waals surface area contributed by atoms with Crippen molar-refractivity contribution >= 4 is 16.5 Å². The molecule has 1 aromatic rings. The molecule has 1 aliphatic carbocycles. The molecule has 90 valence electrons. The average molecular weight is 240 g/mol. The summed E-state index contributed by atoms with van der Waals surface area (Å²) in [6.45, 7) is 6.72. The Labute approximate surface area is 101 Å². The van der Waals surface area contributed by atoms with Gasteiger partial charge in [-0.25, -0.2) is 4.98 Å². The van der Waals surface area contributed by atoms with E-state index in [1.165, 1.54) is 4.88 Å². The normalized spacial score (nSPS) is 26.9. The molecule has 0 aromatic carbocycles. The van der Waals surface area contributed by atoms with Gasteiger partial charge in [0.15, 0.2) is 5.13 Å². The summed E-state index contributed by atoms with van der Waals surface area (Å²) in [7, 11) is 4.01. The van der Waals surface area contributed by atoms with Gasteiger partial charge in [0, 0.05) is 24.4 Å². The minimum absolute atomic E-state index is 0.0387. The number of aliphatic hydroxyl groups is 1. The third-order valence-corrected chi connectivity index (χ3v) is 5.32. The minimum Gasteiger partial charge on any atom is -0.395 e. The van der Waals surface area contributed by atoms with Crippen molar-refractivity contribution in [2.24, 2.45) is 5.41 Å². The Kier molecular flexibility index (Phi) is 2.55. The molecule has 1 N–H and O–H groups in total. The summed E-state index contributed by atoms with van der Waals surface area (Å²) in [6.07, 6.45) is 1.06. The largest absolute Gasteiger partial charge is 0.395 e. The highest BCUT2D eigenvalue weighted by atomic mass is 32.1. The molecule has 1 unspecified atom stereocenters. The molecule has 2 rings (SSSR count). The molecule has 1 atom stereocenters. The van der Waals surface area contributed by atoms with Crippen molar-refractivity contribution in [3.63, 3.8) is 0 Å². The fourth-order valence-electron chi connectivity index (χ4n) is 2.46. The lowest BCUT2D eigenvalue weighted by Gasteiger charge is -2.16. The molecule has 0 bridgehead atoms. The number of nitrogens with zero attached hydrogens (tertiary/aromatic N) is 2. The fraction of sp³-hybridized carbons (Fsp3) is 0.750. The zero-order valence-electron chi connectivity index (χ0n) is 10.7. The minimum atomic E-state index is -0.0387. The molecule has 1 aliphatic rings. The zero-order chi connectivity index (χ0) is 12.1. The maximum atomic E-state index is 9.68. The van der Waals surface area contributed by atoms with E-state index in [1.807, 2.05) is 25.9 Å². The summed E-state index contributed by atoms with van der Waals surface area (Å²) < 4.78 is 0. The fourth-order valence-corrected chi connectivity index (χ4v) is 3.81. The SMILES string of the molecule is Cc1nc(N(C)C)sc1C1(CO)CC1(C)C. The molecule has 1 heterocycles. The van der Waals surface area contributed by atoms with Crippen molar-refractivity contribution in [3.8, 4) is 0 Å². The second-order valence-corrected chi connectivity index (χ2v) is 6.58. The molecule has 0 amide bonds. The van der Waals surface area contributed by atoms with E-state index in [0.29, 0.717) is 0 Å². The highest BCUT2D eigenvalue weighted by Crippen LogP contribution is 2.65. The summed E-state index contributed by atoms with van der Waals surface area (Å²) in [5, 5.41) is 10.7. The van der Waals surface area contributed by atoms with Crippen LogP contribution in [-0.2, 0) is 5.41 Å². The molecule has 1 aromatic heterocycles. The van der Waals surface area contributed by atoms with E-state index in [-0.39, 0.29) is 17.4 Å². The van der Waals surface area contributed by atoms with Crippen molar-refractivity contribution in [3.05, 3.63) is 10.6 Å². The van der Waals surface area contributed by atoms with Crippen molar-refractivity contribution in [1.82, 2.24) is 4.98 Å². The molecule has 0 aliphatic heterocycles. The Morgan fingerprint density at radius 1 is 1.44 bits per heavy atom. The van der Waals surface area contributed by atoms with Gasteiger partial charge in [-0.2, -0.15) is 0 Å². The summed E-state index contributed by atoms with van der Waals surface area (Å²) in [5.74, 6) is 0. The maximum absolute atomic E-state index is 9.68. The lowest BCUT2D eigenvalue weighted by molar-refractivity contribution is 0.233. The van der Waals surface area contributed by atoms with Crippen LogP contribution in [0, 0.1) is 12.3 Å². The molecule has 1 fully saturated rings. The van der Waals surface area contributed by atoms with Crippen LogP contribution >= 0.6 is 11.3 Å². The number of aliphatic hydroxyl groups excluding tert-OH is 1. The molecule has 3 nitrogen and oxygen atoms in total. The van der Waals surface area contributed by atoms with Crippen molar-refractivity contribution in [2.45, 2.75) is 32.6 Å². The topological polar surface area (TPSA) is 36.4 Å². The van der Waals surface area contributed by atoms with Gasteiger partial charge in [0.1, 0.15) is 0 Å². The zero-order valence-corrected chi connectivity index (χ0v) is 11.5. The van der Waals surface area contributed by atoms with Crippen LogP contribution in [0.25, 0.3) is 0 Å². The second-order valence-electron chi connectivity index (χ2n) is 5.61. The first-order valence-corrected chi connectivity index (χ1v) is 6.42. The van der Waals surface area contributed by atoms with Crippen molar-refractivity contribution in [2.75, 3.05) is 25.6 Å². The van der Waals surface area contributed by atoms with Crippen molar-refractivity contribution < 1.29 is 5.11 Å². The predicted octanol–water partition coefficient (Wildman–Crippen LogP) is 2.18. The first-order valence-electron chi connectivity index (χ1n) is 5.60. The van der Waals surface area contributed by atoms with Crippen molar-refractivity contribution in [1.29, 1.82) is 0 Å². The van der Waals surface area contributed by atoms with Gasteiger partial charge >= 0.3 is 0 Å². The molecule has 4 heteroatoms. The summed E-state index contributed by atoms with van der Waals surface area (Å²) in [6, 6.07) is 0. The smallest absolute Gasteiger partial charge is 0.185 e. The number of hydrogen-bond acceptors (Lipinski definition) is 4. The Morgan fingerprint density at radius 3 is 2.31 bits per heavy atom. The quantitative estimate of drug-likeness (QED) is 0.879. The monoisotopic (exact) mass is 240 g/mol. The van der Waals surface area contributed by atoms with E-state index in [9.17, 15) is 5.11 Å². The van der Waals surface area contributed by atoms with Crippen LogP contribution in [0.2, 0.25) is 0 Å². The van der Waals surface area contributed by atoms with E-state index in [0.717, 1.165) is 17.2 Å². The first-order chi connectivity index (χ1) is 7.34. The third kappa shape index (κ3) is 1.47. The molecule has 0 spiro atoms. The van der Waals surface area contributed by atoms with Crippen LogP contribution in [0.5, 0.6) is 0 Å². The third-order valence-electron chi connectivity index (χ3n) is 3.79. The number of anilines is 1. The highest BCUT2D eigenvalue weighted by molar-refractivity contribution is 7.16. The molecule has 16 heavy (non-hydrogen) atoms. The second kappa shape index (κ2) is 3.44. The summed E-state index contributed by atoms with van der Waals surface area (Å²) in [4.78, 5) is 7.86. The number of aryl methyl sites for hydroxylation is 1. The van der Waals surface area contributed by atoms with E-state index < -0.39 is 0 Å². The van der Waals surface area contributed by atoms with Gasteiger partial charge in [-0.15, -0.1) is 11.3 Å². The maximum Gasteiger partial charge on any atom is 0.185 e. The molecular formula is C12H20N2OS. The van der Waals surface area contributed by atoms with Crippen LogP contribution in [0.15, 0.2) is 0 Å². The standard InChI is InChI=1S/C12H20N2OS/c1-8-9(16-10(13-8)14(4)5)12(7-15)6-11(12,2)3/h15H,6-7H2,1-5H3. The van der Waals surface area contributed by atoms with Gasteiger partial charge in [0.25, 0.3) is 0 Å². The summed E-state index contributed by atoms with van der Waals surface area (Å²) >= 11 is 1.72. The van der Waals surface area contributed by atoms with Crippen LogP contribution in [0.4, 0.5) is 5.13 Å². The Balaban J connectivity index is 2.42. The van der Waals surface area contributed by atoms with Gasteiger partial charge in [-0.3, -0.25) is 0 Å². The number of hydrogen-bond donors (Lipinski definition) is 1. The first kappa shape index (κ1) is 11.9. The Hall–Kier alpha value is -0.610. The molecule has 1 saturated carbocycles. The van der Waals surface area contributed by atoms with E-state index in [1.54, 1.807) is 11.3 Å². The van der Waals surface area contributed by atoms with E-state index >= 15 is 0 Å². The Bertz CT molecular complexity index is 411. The molecule has 0 radical (unpaired) electrons. The predicted molar refractivity (Wildman–Crippen MR) is 68.3 cm³/mol. The lowest BCUT2D eigenvalue weighted by atomic mass is 9.94. The summed E-state index contributed by atoms with van der Waals surface area (Å²) in [5.41, 5.74) is 1.25. The molecule has 0 saturated heterocycles. The van der Waals surface area contributed by atoms with E-state index in [4.69, 9.17) is 0 Å².